The van der Waals surface area contributed by atoms with Gasteiger partial charge in [0, 0.05) is 6.20 Å². The zero-order valence-corrected chi connectivity index (χ0v) is 6.25. The SMILES string of the molecule is O=C(O)c1ccnc(CCl)n1. The molecule has 0 atom stereocenters. The first kappa shape index (κ1) is 7.94. The summed E-state index contributed by atoms with van der Waals surface area (Å²) in [5.41, 5.74) is -0.0318. The molecule has 1 rings (SSSR count). The Kier molecular flexibility index (Phi) is 2.38. The van der Waals surface area contributed by atoms with E-state index in [2.05, 4.69) is 9.97 Å². The maximum atomic E-state index is 10.3. The lowest BCUT2D eigenvalue weighted by Gasteiger charge is -1.94. The zero-order valence-electron chi connectivity index (χ0n) is 5.49. The van der Waals surface area contributed by atoms with Crippen molar-refractivity contribution in [3.8, 4) is 0 Å². The van der Waals surface area contributed by atoms with Gasteiger partial charge in [-0.3, -0.25) is 0 Å². The maximum absolute atomic E-state index is 10.3. The predicted molar refractivity (Wildman–Crippen MR) is 38.5 cm³/mol. The Labute approximate surface area is 67.9 Å². The molecule has 0 saturated heterocycles. The van der Waals surface area contributed by atoms with Crippen LogP contribution in [-0.4, -0.2) is 21.0 Å². The minimum atomic E-state index is -1.07. The van der Waals surface area contributed by atoms with Gasteiger partial charge in [0.25, 0.3) is 0 Å². The van der Waals surface area contributed by atoms with Crippen molar-refractivity contribution in [1.82, 2.24) is 9.97 Å². The van der Waals surface area contributed by atoms with Crippen LogP contribution in [0.5, 0.6) is 0 Å². The van der Waals surface area contributed by atoms with E-state index in [0.717, 1.165) is 0 Å². The average molecular weight is 173 g/mol. The van der Waals surface area contributed by atoms with Crippen molar-refractivity contribution in [3.05, 3.63) is 23.8 Å². The number of alkyl halides is 1. The smallest absolute Gasteiger partial charge is 0.354 e. The second-order valence-corrected chi connectivity index (χ2v) is 2.06. The summed E-state index contributed by atoms with van der Waals surface area (Å²) >= 11 is 5.39. The molecule has 0 aliphatic rings. The molecule has 0 bridgehead atoms. The van der Waals surface area contributed by atoms with Crippen molar-refractivity contribution in [2.75, 3.05) is 0 Å². The molecule has 0 aliphatic carbocycles. The molecular formula is C6H5ClN2O2. The third-order valence-corrected chi connectivity index (χ3v) is 1.28. The van der Waals surface area contributed by atoms with Crippen LogP contribution in [-0.2, 0) is 5.88 Å². The first-order valence-electron chi connectivity index (χ1n) is 2.85. The first-order chi connectivity index (χ1) is 5.24. The number of halogens is 1. The highest BCUT2D eigenvalue weighted by atomic mass is 35.5. The molecular weight excluding hydrogens is 168 g/mol. The lowest BCUT2D eigenvalue weighted by molar-refractivity contribution is 0.0690. The lowest BCUT2D eigenvalue weighted by Crippen LogP contribution is -2.03. The quantitative estimate of drug-likeness (QED) is 0.674. The summed E-state index contributed by atoms with van der Waals surface area (Å²) in [7, 11) is 0. The van der Waals surface area contributed by atoms with Crippen LogP contribution in [0.2, 0.25) is 0 Å². The highest BCUT2D eigenvalue weighted by molar-refractivity contribution is 6.16. The Morgan fingerprint density at radius 3 is 3.00 bits per heavy atom. The van der Waals surface area contributed by atoms with Gasteiger partial charge in [0.1, 0.15) is 5.82 Å². The minimum absolute atomic E-state index is 0.0318. The van der Waals surface area contributed by atoms with Crippen molar-refractivity contribution in [2.45, 2.75) is 5.88 Å². The molecule has 1 N–H and O–H groups in total. The molecule has 1 aromatic heterocycles. The fourth-order valence-corrected chi connectivity index (χ4v) is 0.711. The number of aromatic nitrogens is 2. The van der Waals surface area contributed by atoms with Crippen LogP contribution < -0.4 is 0 Å². The van der Waals surface area contributed by atoms with Crippen LogP contribution in [0, 0.1) is 0 Å². The molecule has 0 saturated carbocycles. The highest BCUT2D eigenvalue weighted by Crippen LogP contribution is 1.97. The van der Waals surface area contributed by atoms with Crippen LogP contribution in [0.3, 0.4) is 0 Å². The average Bonchev–Trinajstić information content (AvgIpc) is 2.05. The van der Waals surface area contributed by atoms with E-state index in [9.17, 15) is 4.79 Å². The number of nitrogens with zero attached hydrogens (tertiary/aromatic N) is 2. The van der Waals surface area contributed by atoms with E-state index in [1.807, 2.05) is 0 Å². The second-order valence-electron chi connectivity index (χ2n) is 1.80. The van der Waals surface area contributed by atoms with Crippen LogP contribution in [0.25, 0.3) is 0 Å². The molecule has 1 aromatic rings. The van der Waals surface area contributed by atoms with Crippen LogP contribution >= 0.6 is 11.6 Å². The predicted octanol–water partition coefficient (Wildman–Crippen LogP) is 0.914. The van der Waals surface area contributed by atoms with Crippen LogP contribution in [0.15, 0.2) is 12.3 Å². The summed E-state index contributed by atoms with van der Waals surface area (Å²) in [6.07, 6.45) is 1.37. The molecule has 4 nitrogen and oxygen atoms in total. The Balaban J connectivity index is 3.01. The fraction of sp³-hybridized carbons (Fsp3) is 0.167. The van der Waals surface area contributed by atoms with E-state index in [0.29, 0.717) is 5.82 Å². The molecule has 0 spiro atoms. The van der Waals surface area contributed by atoms with Gasteiger partial charge in [-0.1, -0.05) is 0 Å². The molecule has 0 fully saturated rings. The molecule has 1 heterocycles. The highest BCUT2D eigenvalue weighted by Gasteiger charge is 2.04. The van der Waals surface area contributed by atoms with Crippen molar-refractivity contribution >= 4 is 17.6 Å². The fourth-order valence-electron chi connectivity index (χ4n) is 0.583. The summed E-state index contributed by atoms with van der Waals surface area (Å²) in [5, 5.41) is 8.47. The van der Waals surface area contributed by atoms with Gasteiger partial charge in [-0.2, -0.15) is 0 Å². The summed E-state index contributed by atoms with van der Waals surface area (Å²) < 4.78 is 0. The van der Waals surface area contributed by atoms with Crippen LogP contribution in [0.1, 0.15) is 16.3 Å². The Bertz CT molecular complexity index is 277. The van der Waals surface area contributed by atoms with E-state index < -0.39 is 5.97 Å². The molecule has 5 heteroatoms. The van der Waals surface area contributed by atoms with Gasteiger partial charge < -0.3 is 5.11 Å². The van der Waals surface area contributed by atoms with Crippen LogP contribution in [0.4, 0.5) is 0 Å². The number of carboxylic acid groups (broad SMARTS) is 1. The maximum Gasteiger partial charge on any atom is 0.354 e. The normalized spacial score (nSPS) is 9.55. The number of carbonyl (C=O) groups is 1. The molecule has 11 heavy (non-hydrogen) atoms. The van der Waals surface area contributed by atoms with Gasteiger partial charge in [0.05, 0.1) is 5.88 Å². The van der Waals surface area contributed by atoms with E-state index in [-0.39, 0.29) is 11.6 Å². The summed E-state index contributed by atoms with van der Waals surface area (Å²) in [6, 6.07) is 1.32. The van der Waals surface area contributed by atoms with Crippen molar-refractivity contribution in [1.29, 1.82) is 0 Å². The van der Waals surface area contributed by atoms with E-state index >= 15 is 0 Å². The third-order valence-electron chi connectivity index (χ3n) is 1.04. The number of aromatic carboxylic acids is 1. The van der Waals surface area contributed by atoms with Crippen molar-refractivity contribution < 1.29 is 9.90 Å². The monoisotopic (exact) mass is 172 g/mol. The number of hydrogen-bond acceptors (Lipinski definition) is 3. The Morgan fingerprint density at radius 1 is 1.73 bits per heavy atom. The molecule has 0 unspecified atom stereocenters. The number of hydrogen-bond donors (Lipinski definition) is 1. The van der Waals surface area contributed by atoms with Gasteiger partial charge in [0.15, 0.2) is 5.69 Å². The van der Waals surface area contributed by atoms with Gasteiger partial charge in [-0.15, -0.1) is 11.6 Å². The number of carboxylic acids is 1. The summed E-state index contributed by atoms with van der Waals surface area (Å²) in [6.45, 7) is 0. The van der Waals surface area contributed by atoms with Gasteiger partial charge in [-0.25, -0.2) is 14.8 Å². The first-order valence-corrected chi connectivity index (χ1v) is 3.38. The molecule has 0 amide bonds. The van der Waals surface area contributed by atoms with E-state index in [1.165, 1.54) is 12.3 Å². The lowest BCUT2D eigenvalue weighted by atomic mass is 10.4. The zero-order chi connectivity index (χ0) is 8.27. The van der Waals surface area contributed by atoms with Gasteiger partial charge in [-0.05, 0) is 6.07 Å². The molecule has 58 valence electrons. The van der Waals surface area contributed by atoms with Gasteiger partial charge in [0.2, 0.25) is 0 Å². The molecule has 0 radical (unpaired) electrons. The van der Waals surface area contributed by atoms with Gasteiger partial charge >= 0.3 is 5.97 Å². The second kappa shape index (κ2) is 3.30. The Morgan fingerprint density at radius 2 is 2.45 bits per heavy atom. The summed E-state index contributed by atoms with van der Waals surface area (Å²) in [4.78, 5) is 17.7. The van der Waals surface area contributed by atoms with Crippen molar-refractivity contribution in [3.63, 3.8) is 0 Å². The molecule has 0 aliphatic heterocycles. The third kappa shape index (κ3) is 1.88. The van der Waals surface area contributed by atoms with E-state index in [4.69, 9.17) is 16.7 Å². The van der Waals surface area contributed by atoms with E-state index in [1.54, 1.807) is 0 Å². The Hall–Kier alpha value is -1.16. The molecule has 0 aromatic carbocycles. The standard InChI is InChI=1S/C6H5ClN2O2/c7-3-5-8-2-1-4(9-5)6(10)11/h1-2H,3H2,(H,10,11). The summed E-state index contributed by atoms with van der Waals surface area (Å²) in [5.74, 6) is -0.619. The topological polar surface area (TPSA) is 63.1 Å². The van der Waals surface area contributed by atoms with Crippen molar-refractivity contribution in [2.24, 2.45) is 0 Å². The largest absolute Gasteiger partial charge is 0.477 e. The minimum Gasteiger partial charge on any atom is -0.477 e. The number of rotatable bonds is 2.